The van der Waals surface area contributed by atoms with Crippen molar-refractivity contribution < 1.29 is 27.6 Å². The highest BCUT2D eigenvalue weighted by molar-refractivity contribution is 7.90. The molecular weight excluding hydrogens is 807 g/mol. The molecule has 2 unspecified atom stereocenters. The number of nitrogens with one attached hydrogen (secondary N) is 3. The van der Waals surface area contributed by atoms with Crippen LogP contribution in [0.1, 0.15) is 84.8 Å². The highest BCUT2D eigenvalue weighted by Crippen LogP contribution is 2.55. The summed E-state index contributed by atoms with van der Waals surface area (Å²) in [7, 11) is -4.53. The maximum absolute atomic E-state index is 13.9. The second-order valence-electron chi connectivity index (χ2n) is 18.5. The number of hydrogen-bond donors (Lipinski definition) is 3. The van der Waals surface area contributed by atoms with Crippen molar-refractivity contribution in [3.05, 3.63) is 112 Å². The molecule has 62 heavy (non-hydrogen) atoms. The molecule has 3 aromatic carbocycles. The molecule has 0 bridgehead atoms. The number of aromatic amines is 1. The van der Waals surface area contributed by atoms with Crippen molar-refractivity contribution in [3.8, 4) is 11.5 Å². The fourth-order valence-corrected chi connectivity index (χ4v) is 12.1. The lowest BCUT2D eigenvalue weighted by atomic mass is 9.59. The number of rotatable bonds is 13. The molecule has 3 atom stereocenters. The molecule has 6 fully saturated rings. The number of piperidine rings is 1. The van der Waals surface area contributed by atoms with E-state index in [-0.39, 0.29) is 22.7 Å². The van der Waals surface area contributed by atoms with Gasteiger partial charge in [0.05, 0.1) is 34.8 Å². The number of nitro benzene ring substituents is 1. The van der Waals surface area contributed by atoms with E-state index in [2.05, 4.69) is 54.1 Å². The first-order chi connectivity index (χ1) is 30.1. The van der Waals surface area contributed by atoms with Gasteiger partial charge in [0.2, 0.25) is 0 Å². The number of anilines is 2. The maximum Gasteiger partial charge on any atom is 0.293 e. The number of nitrogens with zero attached hydrogens (tertiary/aromatic N) is 4. The van der Waals surface area contributed by atoms with Crippen molar-refractivity contribution in [1.29, 1.82) is 0 Å². The van der Waals surface area contributed by atoms with Gasteiger partial charge in [0.25, 0.3) is 21.6 Å². The van der Waals surface area contributed by atoms with Gasteiger partial charge >= 0.3 is 0 Å². The fraction of sp³-hybridized carbons (Fsp3) is 0.447. The minimum Gasteiger partial charge on any atom is -0.455 e. The minimum atomic E-state index is -4.53. The molecular formula is C47H51N7O7S. The van der Waals surface area contributed by atoms with Crippen LogP contribution in [0.3, 0.4) is 0 Å². The Balaban J connectivity index is 0.790. The van der Waals surface area contributed by atoms with Crippen molar-refractivity contribution in [3.63, 3.8) is 0 Å². The SMILES string of the molecule is O=C(NS(=O)(=O)c1ccc(NCC2C3COCC23)c([N+](=O)[O-])c1)c1ccc(N2CCC3(CC2)CC(N2CCC[C@H]2c2ccccc2C2CC2)C3)cc1Oc1cnc2[nH]ccc2c1. The van der Waals surface area contributed by atoms with Crippen LogP contribution in [-0.2, 0) is 14.8 Å². The van der Waals surface area contributed by atoms with Crippen molar-refractivity contribution in [1.82, 2.24) is 19.6 Å². The zero-order valence-corrected chi connectivity index (χ0v) is 35.3. The van der Waals surface area contributed by atoms with Gasteiger partial charge < -0.3 is 24.7 Å². The molecule has 11 rings (SSSR count). The number of sulfonamides is 1. The molecule has 3 aliphatic carbocycles. The van der Waals surface area contributed by atoms with Crippen molar-refractivity contribution in [2.75, 3.05) is 49.6 Å². The first-order valence-electron chi connectivity index (χ1n) is 22.1. The molecule has 3 N–H and O–H groups in total. The molecule has 1 spiro atoms. The fourth-order valence-electron chi connectivity index (χ4n) is 11.1. The predicted octanol–water partition coefficient (Wildman–Crippen LogP) is 8.15. The summed E-state index contributed by atoms with van der Waals surface area (Å²) in [6.45, 7) is 4.81. The summed E-state index contributed by atoms with van der Waals surface area (Å²) in [6, 6.07) is 22.8. The van der Waals surface area contributed by atoms with Crippen LogP contribution >= 0.6 is 0 Å². The highest BCUT2D eigenvalue weighted by Gasteiger charge is 2.53. The first-order valence-corrected chi connectivity index (χ1v) is 23.6. The Morgan fingerprint density at radius 2 is 1.76 bits per heavy atom. The van der Waals surface area contributed by atoms with Crippen LogP contribution in [0, 0.1) is 33.3 Å². The van der Waals surface area contributed by atoms with Gasteiger partial charge in [0.15, 0.2) is 0 Å². The highest BCUT2D eigenvalue weighted by atomic mass is 32.2. The van der Waals surface area contributed by atoms with Crippen LogP contribution in [0.2, 0.25) is 0 Å². The van der Waals surface area contributed by atoms with Crippen LogP contribution in [0.25, 0.3) is 11.0 Å². The van der Waals surface area contributed by atoms with Crippen molar-refractivity contribution in [2.45, 2.75) is 74.3 Å². The normalized spacial score (nSPS) is 24.5. The lowest BCUT2D eigenvalue weighted by Crippen LogP contribution is -2.54. The average molecular weight is 858 g/mol. The summed E-state index contributed by atoms with van der Waals surface area (Å²) in [5, 5.41) is 16.0. The Morgan fingerprint density at radius 1 is 0.968 bits per heavy atom. The average Bonchev–Trinajstić information content (AvgIpc) is 3.97. The maximum atomic E-state index is 13.9. The Kier molecular flexibility index (Phi) is 9.76. The summed E-state index contributed by atoms with van der Waals surface area (Å²) in [4.78, 5) is 37.7. The van der Waals surface area contributed by atoms with Gasteiger partial charge in [0, 0.05) is 61.1 Å². The van der Waals surface area contributed by atoms with Crippen LogP contribution in [-0.4, -0.2) is 79.6 Å². The second-order valence-corrected chi connectivity index (χ2v) is 20.2. The number of nitro groups is 1. The number of benzene rings is 3. The molecule has 14 nitrogen and oxygen atoms in total. The molecule has 322 valence electrons. The Labute approximate surface area is 360 Å². The van der Waals surface area contributed by atoms with Gasteiger partial charge in [-0.05, 0) is 135 Å². The van der Waals surface area contributed by atoms with Gasteiger partial charge in [0.1, 0.15) is 22.8 Å². The van der Waals surface area contributed by atoms with E-state index in [9.17, 15) is 23.3 Å². The predicted molar refractivity (Wildman–Crippen MR) is 234 cm³/mol. The van der Waals surface area contributed by atoms with Gasteiger partial charge in [-0.25, -0.2) is 18.1 Å². The number of pyridine rings is 1. The number of carbonyl (C=O) groups excluding carboxylic acids is 1. The summed E-state index contributed by atoms with van der Waals surface area (Å²) in [5.74, 6) is 1.64. The molecule has 3 saturated carbocycles. The van der Waals surface area contributed by atoms with Crippen LogP contribution in [0.4, 0.5) is 17.1 Å². The van der Waals surface area contributed by atoms with E-state index < -0.39 is 25.7 Å². The van der Waals surface area contributed by atoms with E-state index in [1.54, 1.807) is 41.7 Å². The number of fused-ring (bicyclic) bond motifs is 2. The smallest absolute Gasteiger partial charge is 0.293 e. The lowest BCUT2D eigenvalue weighted by molar-refractivity contribution is -0.384. The molecule has 3 aliphatic heterocycles. The number of likely N-dealkylation sites (tertiary alicyclic amines) is 1. The lowest BCUT2D eigenvalue weighted by Gasteiger charge is -2.56. The topological polar surface area (TPSA) is 172 Å². The number of hydrogen-bond acceptors (Lipinski definition) is 11. The Bertz CT molecular complexity index is 2660. The van der Waals surface area contributed by atoms with E-state index in [1.165, 1.54) is 57.2 Å². The molecule has 2 aromatic heterocycles. The van der Waals surface area contributed by atoms with Gasteiger partial charge in [-0.1, -0.05) is 24.3 Å². The second kappa shape index (κ2) is 15.4. The van der Waals surface area contributed by atoms with E-state index in [1.807, 2.05) is 12.1 Å². The zero-order valence-electron chi connectivity index (χ0n) is 34.5. The number of aromatic nitrogens is 2. The molecule has 6 aliphatic rings. The standard InChI is InChI=1S/C47H51N7O7S/c55-46(51-62(58,59)34-10-12-41(43(22-34)54(56)57)49-26-38-39-27-60-28-40(38)39)37-11-9-31(21-44(37)61-33-20-30-13-16-48-45(30)50-25-33)52-18-14-47(15-19-52)23-32(24-47)53-17-3-6-42(53)36-5-2-1-4-35(36)29-7-8-29/h1-2,4-5,9-13,16,20-22,25,29,32,38-40,42,49H,3,6-8,14-15,17-19,23-24,26-28H2,(H,48,50)(H,51,55)/t38?,39?,40?,42-/m0/s1. The summed E-state index contributed by atoms with van der Waals surface area (Å²) >= 11 is 0. The van der Waals surface area contributed by atoms with Gasteiger partial charge in [-0.2, -0.15) is 0 Å². The monoisotopic (exact) mass is 857 g/mol. The van der Waals surface area contributed by atoms with E-state index in [0.29, 0.717) is 66.4 Å². The van der Waals surface area contributed by atoms with Crippen LogP contribution < -0.4 is 19.7 Å². The summed E-state index contributed by atoms with van der Waals surface area (Å²) < 4.78 is 41.3. The molecule has 5 heterocycles. The first kappa shape index (κ1) is 39.3. The van der Waals surface area contributed by atoms with Crippen LogP contribution in [0.15, 0.2) is 90.1 Å². The molecule has 5 aromatic rings. The minimum absolute atomic E-state index is 0.00280. The quantitative estimate of drug-likeness (QED) is 0.0771. The van der Waals surface area contributed by atoms with E-state index >= 15 is 0 Å². The van der Waals surface area contributed by atoms with Crippen molar-refractivity contribution in [2.24, 2.45) is 23.2 Å². The molecule has 3 saturated heterocycles. The number of H-pyrrole nitrogens is 1. The summed E-state index contributed by atoms with van der Waals surface area (Å²) in [6.07, 6.45) is 13.0. The largest absolute Gasteiger partial charge is 0.455 e. The Hall–Kier alpha value is -5.51. The van der Waals surface area contributed by atoms with E-state index in [0.717, 1.165) is 49.0 Å². The number of amides is 1. The van der Waals surface area contributed by atoms with Crippen molar-refractivity contribution >= 4 is 44.0 Å². The molecule has 0 radical (unpaired) electrons. The third kappa shape index (κ3) is 7.37. The third-order valence-corrected chi connectivity index (χ3v) is 16.2. The number of carbonyl (C=O) groups is 1. The van der Waals surface area contributed by atoms with E-state index in [4.69, 9.17) is 9.47 Å². The van der Waals surface area contributed by atoms with Gasteiger partial charge in [-0.15, -0.1) is 0 Å². The van der Waals surface area contributed by atoms with Gasteiger partial charge in [-0.3, -0.25) is 19.8 Å². The zero-order chi connectivity index (χ0) is 42.2. The molecule has 1 amide bonds. The summed E-state index contributed by atoms with van der Waals surface area (Å²) in [5.41, 5.74) is 4.84. The molecule has 15 heteroatoms. The third-order valence-electron chi connectivity index (χ3n) is 14.8. The number of ether oxygens (including phenoxy) is 2. The Morgan fingerprint density at radius 3 is 2.53 bits per heavy atom. The van der Waals surface area contributed by atoms with Crippen LogP contribution in [0.5, 0.6) is 11.5 Å².